The number of benzene rings is 1. The summed E-state index contributed by atoms with van der Waals surface area (Å²) in [6, 6.07) is 7.90. The van der Waals surface area contributed by atoms with Gasteiger partial charge in [-0.2, -0.15) is 13.2 Å². The first kappa shape index (κ1) is 18.9. The molecular formula is C17H13F3N4O2S. The Kier molecular flexibility index (Phi) is 5.45. The second-order valence-electron chi connectivity index (χ2n) is 5.44. The van der Waals surface area contributed by atoms with Crippen molar-refractivity contribution in [2.75, 3.05) is 5.32 Å². The van der Waals surface area contributed by atoms with Crippen molar-refractivity contribution >= 4 is 23.4 Å². The molecule has 3 aromatic rings. The molecule has 0 aliphatic heterocycles. The molecule has 0 bridgehead atoms. The number of rotatable bonds is 5. The van der Waals surface area contributed by atoms with Gasteiger partial charge in [-0.1, -0.05) is 17.8 Å². The van der Waals surface area contributed by atoms with Crippen LogP contribution in [0.5, 0.6) is 0 Å². The third-order valence-electron chi connectivity index (χ3n) is 3.42. The molecule has 0 radical (unpaired) electrons. The molecule has 2 aromatic heterocycles. The Morgan fingerprint density at radius 1 is 1.22 bits per heavy atom. The molecule has 2 heterocycles. The molecule has 0 aliphatic rings. The van der Waals surface area contributed by atoms with E-state index in [2.05, 4.69) is 20.5 Å². The van der Waals surface area contributed by atoms with Crippen LogP contribution in [0.1, 0.15) is 12.5 Å². The van der Waals surface area contributed by atoms with Gasteiger partial charge < -0.3 is 9.73 Å². The van der Waals surface area contributed by atoms with E-state index in [-0.39, 0.29) is 16.8 Å². The van der Waals surface area contributed by atoms with Crippen LogP contribution < -0.4 is 5.32 Å². The minimum Gasteiger partial charge on any atom is -0.411 e. The molecule has 3 rings (SSSR count). The number of thioether (sulfide) groups is 1. The van der Waals surface area contributed by atoms with E-state index in [0.29, 0.717) is 5.56 Å². The first-order valence-corrected chi connectivity index (χ1v) is 8.59. The van der Waals surface area contributed by atoms with Gasteiger partial charge in [-0.15, -0.1) is 10.2 Å². The van der Waals surface area contributed by atoms with Gasteiger partial charge in [-0.25, -0.2) is 0 Å². The zero-order chi connectivity index (χ0) is 19.4. The minimum absolute atomic E-state index is 0.0591. The summed E-state index contributed by atoms with van der Waals surface area (Å²) >= 11 is 1.00. The number of hydrogen-bond acceptors (Lipinski definition) is 6. The van der Waals surface area contributed by atoms with E-state index >= 15 is 0 Å². The lowest BCUT2D eigenvalue weighted by molar-refractivity contribution is -0.137. The van der Waals surface area contributed by atoms with Crippen LogP contribution in [0.3, 0.4) is 0 Å². The number of aromatic nitrogens is 3. The van der Waals surface area contributed by atoms with E-state index in [1.54, 1.807) is 31.5 Å². The number of hydrogen-bond donors (Lipinski definition) is 1. The maximum Gasteiger partial charge on any atom is 0.416 e. The number of halogens is 3. The zero-order valence-electron chi connectivity index (χ0n) is 13.9. The molecular weight excluding hydrogens is 381 g/mol. The van der Waals surface area contributed by atoms with Gasteiger partial charge in [0.05, 0.1) is 16.4 Å². The van der Waals surface area contributed by atoms with Gasteiger partial charge in [0, 0.05) is 18.1 Å². The fourth-order valence-electron chi connectivity index (χ4n) is 2.09. The number of alkyl halides is 3. The summed E-state index contributed by atoms with van der Waals surface area (Å²) in [5.41, 5.74) is -0.139. The summed E-state index contributed by atoms with van der Waals surface area (Å²) in [4.78, 5) is 16.2. The molecule has 1 amide bonds. The van der Waals surface area contributed by atoms with E-state index in [0.717, 1.165) is 23.9 Å². The molecule has 0 unspecified atom stereocenters. The van der Waals surface area contributed by atoms with E-state index in [1.807, 2.05) is 0 Å². The summed E-state index contributed by atoms with van der Waals surface area (Å²) in [6.45, 7) is 1.58. The van der Waals surface area contributed by atoms with Crippen LogP contribution in [0.15, 0.2) is 58.4 Å². The van der Waals surface area contributed by atoms with Crippen molar-refractivity contribution in [2.24, 2.45) is 0 Å². The van der Waals surface area contributed by atoms with Crippen LogP contribution in [0, 0.1) is 0 Å². The van der Waals surface area contributed by atoms with Gasteiger partial charge in [-0.3, -0.25) is 9.78 Å². The van der Waals surface area contributed by atoms with Gasteiger partial charge >= 0.3 is 6.18 Å². The van der Waals surface area contributed by atoms with E-state index in [9.17, 15) is 18.0 Å². The second-order valence-corrected chi connectivity index (χ2v) is 6.73. The number of pyridine rings is 1. The molecule has 0 saturated carbocycles. The number of carbonyl (C=O) groups is 1. The number of nitrogens with one attached hydrogen (secondary N) is 1. The number of nitrogens with zero attached hydrogens (tertiary/aromatic N) is 3. The lowest BCUT2D eigenvalue weighted by Gasteiger charge is -2.12. The highest BCUT2D eigenvalue weighted by Gasteiger charge is 2.30. The summed E-state index contributed by atoms with van der Waals surface area (Å²) in [5.74, 6) is -0.225. The molecule has 1 aromatic carbocycles. The van der Waals surface area contributed by atoms with Crippen LogP contribution in [0.2, 0.25) is 0 Å². The fourth-order valence-corrected chi connectivity index (χ4v) is 2.77. The van der Waals surface area contributed by atoms with E-state index in [1.165, 1.54) is 12.1 Å². The normalized spacial score (nSPS) is 12.6. The molecule has 1 atom stereocenters. The Hall–Kier alpha value is -2.88. The highest BCUT2D eigenvalue weighted by molar-refractivity contribution is 8.00. The summed E-state index contributed by atoms with van der Waals surface area (Å²) < 4.78 is 43.7. The standard InChI is InChI=1S/C17H13F3N4O2S/c1-10(14(25)22-13-6-2-5-12(8-13)17(18,19)20)27-16-24-23-15(26-16)11-4-3-7-21-9-11/h2-10H,1H3,(H,22,25)/t10-/m1/s1. The van der Waals surface area contributed by atoms with Crippen molar-refractivity contribution < 1.29 is 22.4 Å². The Labute approximate surface area is 156 Å². The third-order valence-corrected chi connectivity index (χ3v) is 4.35. The molecule has 0 fully saturated rings. The average Bonchev–Trinajstić information content (AvgIpc) is 3.10. The van der Waals surface area contributed by atoms with Crippen molar-refractivity contribution in [3.8, 4) is 11.5 Å². The lowest BCUT2D eigenvalue weighted by Crippen LogP contribution is -2.22. The Bertz CT molecular complexity index is 931. The maximum absolute atomic E-state index is 12.7. The smallest absolute Gasteiger partial charge is 0.411 e. The molecule has 10 heteroatoms. The van der Waals surface area contributed by atoms with Gasteiger partial charge in [0.2, 0.25) is 11.8 Å². The Balaban J connectivity index is 1.64. The minimum atomic E-state index is -4.48. The second kappa shape index (κ2) is 7.78. The number of anilines is 1. The van der Waals surface area contributed by atoms with Crippen molar-refractivity contribution in [3.05, 3.63) is 54.4 Å². The lowest BCUT2D eigenvalue weighted by atomic mass is 10.2. The highest BCUT2D eigenvalue weighted by atomic mass is 32.2. The molecule has 0 spiro atoms. The van der Waals surface area contributed by atoms with Gasteiger partial charge in [0.1, 0.15) is 0 Å². The van der Waals surface area contributed by atoms with Crippen LogP contribution in [-0.2, 0) is 11.0 Å². The maximum atomic E-state index is 12.7. The van der Waals surface area contributed by atoms with E-state index < -0.39 is 22.9 Å². The average molecular weight is 394 g/mol. The number of carbonyl (C=O) groups excluding carboxylic acids is 1. The molecule has 140 valence electrons. The van der Waals surface area contributed by atoms with Crippen molar-refractivity contribution in [2.45, 2.75) is 23.6 Å². The SMILES string of the molecule is C[C@@H](Sc1nnc(-c2cccnc2)o1)C(=O)Nc1cccc(C(F)(F)F)c1. The first-order chi connectivity index (χ1) is 12.8. The highest BCUT2D eigenvalue weighted by Crippen LogP contribution is 2.31. The van der Waals surface area contributed by atoms with Gasteiger partial charge in [0.15, 0.2) is 0 Å². The van der Waals surface area contributed by atoms with E-state index in [4.69, 9.17) is 4.42 Å². The number of amides is 1. The molecule has 0 saturated heterocycles. The summed E-state index contributed by atoms with van der Waals surface area (Å²) in [6.07, 6.45) is -1.31. The van der Waals surface area contributed by atoms with Gasteiger partial charge in [0.25, 0.3) is 5.22 Å². The van der Waals surface area contributed by atoms with Gasteiger partial charge in [-0.05, 0) is 37.3 Å². The zero-order valence-corrected chi connectivity index (χ0v) is 14.7. The predicted molar refractivity (Wildman–Crippen MR) is 92.9 cm³/mol. The van der Waals surface area contributed by atoms with Crippen LogP contribution in [-0.4, -0.2) is 26.3 Å². The van der Waals surface area contributed by atoms with Crippen molar-refractivity contribution in [1.29, 1.82) is 0 Å². The quantitative estimate of drug-likeness (QED) is 0.651. The van der Waals surface area contributed by atoms with Crippen molar-refractivity contribution in [3.63, 3.8) is 0 Å². The monoisotopic (exact) mass is 394 g/mol. The summed E-state index contributed by atoms with van der Waals surface area (Å²) in [7, 11) is 0. The Morgan fingerprint density at radius 3 is 2.74 bits per heavy atom. The molecule has 0 aliphatic carbocycles. The van der Waals surface area contributed by atoms with Crippen LogP contribution >= 0.6 is 11.8 Å². The molecule has 27 heavy (non-hydrogen) atoms. The Morgan fingerprint density at radius 2 is 2.04 bits per heavy atom. The van der Waals surface area contributed by atoms with Crippen LogP contribution in [0.25, 0.3) is 11.5 Å². The fraction of sp³-hybridized carbons (Fsp3) is 0.176. The molecule has 6 nitrogen and oxygen atoms in total. The molecule has 1 N–H and O–H groups in total. The van der Waals surface area contributed by atoms with Crippen LogP contribution in [0.4, 0.5) is 18.9 Å². The van der Waals surface area contributed by atoms with Crippen molar-refractivity contribution in [1.82, 2.24) is 15.2 Å². The third kappa shape index (κ3) is 4.85. The topological polar surface area (TPSA) is 80.9 Å². The predicted octanol–water partition coefficient (Wildman–Crippen LogP) is 4.27. The summed E-state index contributed by atoms with van der Waals surface area (Å²) in [5, 5.41) is 9.70. The first-order valence-electron chi connectivity index (χ1n) is 7.71. The largest absolute Gasteiger partial charge is 0.416 e.